The van der Waals surface area contributed by atoms with Gasteiger partial charge in [0.1, 0.15) is 0 Å². The standard InChI is InChI=1S/C23H44F2O5S/c1-2-3-4-5-6-7-8-9-10-11-12-13-14-15-16-17-18-19-20-22(26)30-21-23(24,25)31(27,28)29/h2-21H2,1H3,(H,27,28,29). The molecule has 0 atom stereocenters. The van der Waals surface area contributed by atoms with Crippen LogP contribution in [0, 0.1) is 0 Å². The fourth-order valence-corrected chi connectivity index (χ4v) is 3.69. The highest BCUT2D eigenvalue weighted by molar-refractivity contribution is 7.86. The second kappa shape index (κ2) is 18.8. The second-order valence-corrected chi connectivity index (χ2v) is 10.1. The van der Waals surface area contributed by atoms with Gasteiger partial charge in [-0.2, -0.15) is 17.2 Å². The van der Waals surface area contributed by atoms with Crippen molar-refractivity contribution in [2.45, 2.75) is 134 Å². The smallest absolute Gasteiger partial charge is 0.402 e. The van der Waals surface area contributed by atoms with E-state index in [9.17, 15) is 22.0 Å². The molecule has 0 heterocycles. The Morgan fingerprint density at radius 1 is 0.710 bits per heavy atom. The van der Waals surface area contributed by atoms with E-state index in [0.717, 1.165) is 19.3 Å². The lowest BCUT2D eigenvalue weighted by Gasteiger charge is -2.12. The maximum atomic E-state index is 12.9. The topological polar surface area (TPSA) is 80.7 Å². The molecule has 186 valence electrons. The average molecular weight is 471 g/mol. The quantitative estimate of drug-likeness (QED) is 0.101. The van der Waals surface area contributed by atoms with Gasteiger partial charge in [-0.05, 0) is 6.42 Å². The summed E-state index contributed by atoms with van der Waals surface area (Å²) in [6.07, 6.45) is 22.0. The molecule has 0 aromatic heterocycles. The highest BCUT2D eigenvalue weighted by Crippen LogP contribution is 2.21. The maximum absolute atomic E-state index is 12.9. The summed E-state index contributed by atoms with van der Waals surface area (Å²) >= 11 is 0. The summed E-state index contributed by atoms with van der Waals surface area (Å²) in [5.41, 5.74) is 0. The maximum Gasteiger partial charge on any atom is 0.402 e. The number of hydrogen-bond donors (Lipinski definition) is 1. The van der Waals surface area contributed by atoms with Crippen LogP contribution in [-0.4, -0.2) is 30.8 Å². The molecule has 0 aromatic carbocycles. The van der Waals surface area contributed by atoms with Crippen molar-refractivity contribution >= 4 is 16.1 Å². The van der Waals surface area contributed by atoms with E-state index in [0.29, 0.717) is 6.42 Å². The van der Waals surface area contributed by atoms with Gasteiger partial charge in [0.2, 0.25) is 0 Å². The number of rotatable bonds is 22. The lowest BCUT2D eigenvalue weighted by atomic mass is 10.0. The van der Waals surface area contributed by atoms with E-state index in [1.165, 1.54) is 89.9 Å². The molecule has 0 bridgehead atoms. The zero-order valence-electron chi connectivity index (χ0n) is 19.4. The molecule has 0 rings (SSSR count). The van der Waals surface area contributed by atoms with E-state index in [1.807, 2.05) is 0 Å². The van der Waals surface area contributed by atoms with Gasteiger partial charge >= 0.3 is 21.3 Å². The molecule has 0 saturated carbocycles. The Balaban J connectivity index is 3.32. The fourth-order valence-electron chi connectivity index (χ4n) is 3.48. The molecule has 8 heteroatoms. The average Bonchev–Trinajstić information content (AvgIpc) is 2.70. The minimum Gasteiger partial charge on any atom is -0.458 e. The second-order valence-electron chi connectivity index (χ2n) is 8.53. The third-order valence-electron chi connectivity index (χ3n) is 5.51. The molecule has 0 saturated heterocycles. The number of carbonyl (C=O) groups is 1. The van der Waals surface area contributed by atoms with Gasteiger partial charge in [-0.15, -0.1) is 0 Å². The van der Waals surface area contributed by atoms with Gasteiger partial charge in [-0.1, -0.05) is 116 Å². The number of unbranched alkanes of at least 4 members (excludes halogenated alkanes) is 17. The van der Waals surface area contributed by atoms with E-state index in [-0.39, 0.29) is 6.42 Å². The van der Waals surface area contributed by atoms with Gasteiger partial charge in [0.15, 0.2) is 6.61 Å². The summed E-state index contributed by atoms with van der Waals surface area (Å²) in [5.74, 6) is -0.875. The normalized spacial score (nSPS) is 12.3. The summed E-state index contributed by atoms with van der Waals surface area (Å²) in [4.78, 5) is 11.4. The summed E-state index contributed by atoms with van der Waals surface area (Å²) in [5, 5.41) is -4.46. The minimum absolute atomic E-state index is 0.0275. The zero-order chi connectivity index (χ0) is 23.4. The lowest BCUT2D eigenvalue weighted by molar-refractivity contribution is -0.149. The van der Waals surface area contributed by atoms with Crippen LogP contribution in [0.4, 0.5) is 8.78 Å². The Kier molecular flexibility index (Phi) is 18.3. The number of halogens is 2. The van der Waals surface area contributed by atoms with Crippen molar-refractivity contribution in [3.05, 3.63) is 0 Å². The molecule has 0 amide bonds. The molecule has 0 fully saturated rings. The van der Waals surface area contributed by atoms with Gasteiger partial charge < -0.3 is 4.74 Å². The molecule has 0 aliphatic heterocycles. The van der Waals surface area contributed by atoms with Crippen LogP contribution < -0.4 is 0 Å². The summed E-state index contributed by atoms with van der Waals surface area (Å²) in [6, 6.07) is 0. The highest BCUT2D eigenvalue weighted by atomic mass is 32.2. The van der Waals surface area contributed by atoms with Crippen LogP contribution in [0.2, 0.25) is 0 Å². The Morgan fingerprint density at radius 3 is 1.35 bits per heavy atom. The minimum atomic E-state index is -5.56. The van der Waals surface area contributed by atoms with Crippen LogP contribution in [0.1, 0.15) is 129 Å². The Labute approximate surface area is 188 Å². The number of ether oxygens (including phenoxy) is 1. The molecule has 0 spiro atoms. The molecular formula is C23H44F2O5S. The molecule has 31 heavy (non-hydrogen) atoms. The van der Waals surface area contributed by atoms with Gasteiger partial charge in [-0.3, -0.25) is 9.35 Å². The first-order chi connectivity index (χ1) is 14.7. The van der Waals surface area contributed by atoms with Crippen LogP contribution in [-0.2, 0) is 19.6 Å². The van der Waals surface area contributed by atoms with Crippen LogP contribution in [0.3, 0.4) is 0 Å². The van der Waals surface area contributed by atoms with Crippen molar-refractivity contribution in [3.63, 3.8) is 0 Å². The number of hydrogen-bond acceptors (Lipinski definition) is 4. The number of carbonyl (C=O) groups excluding carboxylic acids is 1. The van der Waals surface area contributed by atoms with Crippen molar-refractivity contribution in [3.8, 4) is 0 Å². The van der Waals surface area contributed by atoms with Crippen LogP contribution in [0.25, 0.3) is 0 Å². The first-order valence-electron chi connectivity index (χ1n) is 12.2. The molecule has 1 N–H and O–H groups in total. The molecule has 0 aromatic rings. The van der Waals surface area contributed by atoms with Gasteiger partial charge in [0, 0.05) is 6.42 Å². The van der Waals surface area contributed by atoms with Crippen molar-refractivity contribution in [1.82, 2.24) is 0 Å². The predicted octanol–water partition coefficient (Wildman–Crippen LogP) is 7.44. The summed E-state index contributed by atoms with van der Waals surface area (Å²) < 4.78 is 59.3. The number of esters is 1. The molecule has 0 aliphatic rings. The highest BCUT2D eigenvalue weighted by Gasteiger charge is 2.45. The Bertz CT molecular complexity index is 538. The van der Waals surface area contributed by atoms with Gasteiger partial charge in [-0.25, -0.2) is 0 Å². The fraction of sp³-hybridized carbons (Fsp3) is 0.957. The van der Waals surface area contributed by atoms with Crippen LogP contribution in [0.15, 0.2) is 0 Å². The van der Waals surface area contributed by atoms with E-state index in [4.69, 9.17) is 4.55 Å². The SMILES string of the molecule is CCCCCCCCCCCCCCCCCCCCC(=O)OCC(F)(F)S(=O)(=O)O. The molecule has 0 unspecified atom stereocenters. The summed E-state index contributed by atoms with van der Waals surface area (Å²) in [7, 11) is -5.56. The Morgan fingerprint density at radius 2 is 1.03 bits per heavy atom. The third-order valence-corrected chi connectivity index (χ3v) is 6.39. The van der Waals surface area contributed by atoms with Crippen molar-refractivity contribution in [2.24, 2.45) is 0 Å². The molecule has 0 aliphatic carbocycles. The zero-order valence-corrected chi connectivity index (χ0v) is 20.2. The first kappa shape index (κ1) is 30.2. The predicted molar refractivity (Wildman–Crippen MR) is 121 cm³/mol. The first-order valence-corrected chi connectivity index (χ1v) is 13.6. The van der Waals surface area contributed by atoms with Crippen molar-refractivity contribution in [2.75, 3.05) is 6.61 Å². The monoisotopic (exact) mass is 470 g/mol. The van der Waals surface area contributed by atoms with Crippen molar-refractivity contribution in [1.29, 1.82) is 0 Å². The molecular weight excluding hydrogens is 426 g/mol. The Hall–Kier alpha value is -0.760. The van der Waals surface area contributed by atoms with Gasteiger partial charge in [0.25, 0.3) is 0 Å². The summed E-state index contributed by atoms with van der Waals surface area (Å²) in [6.45, 7) is 0.600. The van der Waals surface area contributed by atoms with Crippen LogP contribution in [0.5, 0.6) is 0 Å². The molecule has 0 radical (unpaired) electrons. The largest absolute Gasteiger partial charge is 0.458 e. The van der Waals surface area contributed by atoms with Crippen LogP contribution >= 0.6 is 0 Å². The van der Waals surface area contributed by atoms with E-state index < -0.39 is 27.9 Å². The van der Waals surface area contributed by atoms with E-state index in [2.05, 4.69) is 11.7 Å². The van der Waals surface area contributed by atoms with E-state index in [1.54, 1.807) is 0 Å². The molecule has 5 nitrogen and oxygen atoms in total. The lowest BCUT2D eigenvalue weighted by Crippen LogP contribution is -2.34. The van der Waals surface area contributed by atoms with Gasteiger partial charge in [0.05, 0.1) is 0 Å². The number of alkyl halides is 2. The third kappa shape index (κ3) is 18.5. The van der Waals surface area contributed by atoms with Crippen molar-refractivity contribution < 1.29 is 31.3 Å². The van der Waals surface area contributed by atoms with E-state index >= 15 is 0 Å².